The molecule has 1 aromatic heterocycles. The van der Waals surface area contributed by atoms with Crippen molar-refractivity contribution < 1.29 is 9.52 Å². The van der Waals surface area contributed by atoms with E-state index < -0.39 is 0 Å². The van der Waals surface area contributed by atoms with E-state index in [2.05, 4.69) is 21.2 Å². The van der Waals surface area contributed by atoms with Gasteiger partial charge in [0.2, 0.25) is 0 Å². The van der Waals surface area contributed by atoms with Gasteiger partial charge < -0.3 is 14.8 Å². The Bertz CT molecular complexity index is 327. The van der Waals surface area contributed by atoms with Gasteiger partial charge in [0.25, 0.3) is 0 Å². The third-order valence-corrected chi connectivity index (χ3v) is 4.14. The van der Waals surface area contributed by atoms with Crippen molar-refractivity contribution in [3.05, 3.63) is 22.6 Å². The summed E-state index contributed by atoms with van der Waals surface area (Å²) in [5.74, 6) is 2.06. The second kappa shape index (κ2) is 5.84. The highest BCUT2D eigenvalue weighted by atomic mass is 79.9. The fourth-order valence-corrected chi connectivity index (χ4v) is 2.79. The Balaban J connectivity index is 1.74. The van der Waals surface area contributed by atoms with Crippen LogP contribution in [0.25, 0.3) is 0 Å². The van der Waals surface area contributed by atoms with E-state index in [0.29, 0.717) is 18.4 Å². The molecule has 1 heterocycles. The zero-order valence-electron chi connectivity index (χ0n) is 9.29. The predicted octanol–water partition coefficient (Wildman–Crippen LogP) is 2.54. The molecule has 0 aliphatic heterocycles. The third kappa shape index (κ3) is 2.87. The summed E-state index contributed by atoms with van der Waals surface area (Å²) in [6.45, 7) is 2.05. The van der Waals surface area contributed by atoms with Crippen LogP contribution in [0.3, 0.4) is 0 Å². The molecule has 0 amide bonds. The standard InChI is InChI=1S/C12H18BrNO2/c13-11-4-5-16-12(11)7-14-6-9-2-1-3-10(9)8-15/h4-5,9-10,14-15H,1-3,6-8H2. The maximum atomic E-state index is 9.21. The van der Waals surface area contributed by atoms with Crippen LogP contribution in [0.5, 0.6) is 0 Å². The minimum absolute atomic E-state index is 0.330. The van der Waals surface area contributed by atoms with Gasteiger partial charge >= 0.3 is 0 Å². The Morgan fingerprint density at radius 3 is 2.94 bits per heavy atom. The summed E-state index contributed by atoms with van der Waals surface area (Å²) in [5.41, 5.74) is 0. The van der Waals surface area contributed by atoms with E-state index >= 15 is 0 Å². The number of hydrogen-bond donors (Lipinski definition) is 2. The summed E-state index contributed by atoms with van der Waals surface area (Å²) >= 11 is 3.43. The van der Waals surface area contributed by atoms with E-state index in [1.807, 2.05) is 6.07 Å². The Morgan fingerprint density at radius 1 is 1.44 bits per heavy atom. The van der Waals surface area contributed by atoms with E-state index in [9.17, 15) is 5.11 Å². The third-order valence-electron chi connectivity index (χ3n) is 3.43. The normalized spacial score (nSPS) is 25.1. The van der Waals surface area contributed by atoms with Gasteiger partial charge in [-0.05, 0) is 53.2 Å². The highest BCUT2D eigenvalue weighted by Crippen LogP contribution is 2.30. The van der Waals surface area contributed by atoms with Gasteiger partial charge in [0, 0.05) is 6.61 Å². The van der Waals surface area contributed by atoms with Crippen LogP contribution in [-0.4, -0.2) is 18.3 Å². The molecule has 90 valence electrons. The monoisotopic (exact) mass is 287 g/mol. The Labute approximate surface area is 104 Å². The number of aliphatic hydroxyl groups excluding tert-OH is 1. The second-order valence-electron chi connectivity index (χ2n) is 4.46. The first-order valence-corrected chi connectivity index (χ1v) is 6.64. The SMILES string of the molecule is OCC1CCCC1CNCc1occc1Br. The van der Waals surface area contributed by atoms with E-state index in [4.69, 9.17) is 4.42 Å². The molecule has 4 heteroatoms. The lowest BCUT2D eigenvalue weighted by Gasteiger charge is -2.17. The largest absolute Gasteiger partial charge is 0.467 e. The fraction of sp³-hybridized carbons (Fsp3) is 0.667. The van der Waals surface area contributed by atoms with Crippen LogP contribution >= 0.6 is 15.9 Å². The summed E-state index contributed by atoms with van der Waals surface area (Å²) < 4.78 is 6.34. The summed E-state index contributed by atoms with van der Waals surface area (Å²) in [6, 6.07) is 1.91. The molecule has 1 aliphatic rings. The molecule has 3 nitrogen and oxygen atoms in total. The molecule has 2 atom stereocenters. The highest BCUT2D eigenvalue weighted by Gasteiger charge is 2.25. The van der Waals surface area contributed by atoms with Gasteiger partial charge in [-0.3, -0.25) is 0 Å². The number of hydrogen-bond acceptors (Lipinski definition) is 3. The first-order chi connectivity index (χ1) is 7.81. The Morgan fingerprint density at radius 2 is 2.25 bits per heavy atom. The van der Waals surface area contributed by atoms with Gasteiger partial charge in [-0.2, -0.15) is 0 Å². The smallest absolute Gasteiger partial charge is 0.131 e. The first-order valence-electron chi connectivity index (χ1n) is 5.84. The van der Waals surface area contributed by atoms with Crippen molar-refractivity contribution in [2.75, 3.05) is 13.2 Å². The topological polar surface area (TPSA) is 45.4 Å². The molecule has 0 spiro atoms. The van der Waals surface area contributed by atoms with Crippen molar-refractivity contribution >= 4 is 15.9 Å². The minimum Gasteiger partial charge on any atom is -0.467 e. The molecule has 0 saturated heterocycles. The van der Waals surface area contributed by atoms with Crippen molar-refractivity contribution in [3.63, 3.8) is 0 Å². The zero-order valence-corrected chi connectivity index (χ0v) is 10.9. The van der Waals surface area contributed by atoms with Crippen LogP contribution in [0.2, 0.25) is 0 Å². The van der Waals surface area contributed by atoms with Gasteiger partial charge in [-0.25, -0.2) is 0 Å². The average Bonchev–Trinajstić information content (AvgIpc) is 2.88. The van der Waals surface area contributed by atoms with Crippen molar-refractivity contribution in [2.24, 2.45) is 11.8 Å². The second-order valence-corrected chi connectivity index (χ2v) is 5.31. The maximum absolute atomic E-state index is 9.21. The lowest BCUT2D eigenvalue weighted by atomic mass is 9.97. The predicted molar refractivity (Wildman–Crippen MR) is 66.0 cm³/mol. The van der Waals surface area contributed by atoms with Gasteiger partial charge in [0.1, 0.15) is 5.76 Å². The molecule has 0 bridgehead atoms. The molecule has 2 N–H and O–H groups in total. The summed E-state index contributed by atoms with van der Waals surface area (Å²) in [4.78, 5) is 0. The average molecular weight is 288 g/mol. The molecule has 2 rings (SSSR count). The number of rotatable bonds is 5. The molecular weight excluding hydrogens is 270 g/mol. The molecular formula is C12H18BrNO2. The van der Waals surface area contributed by atoms with Crippen LogP contribution in [0.4, 0.5) is 0 Å². The Hall–Kier alpha value is -0.320. The summed E-state index contributed by atoms with van der Waals surface area (Å²) in [6.07, 6.45) is 5.35. The van der Waals surface area contributed by atoms with Crippen LogP contribution in [0.1, 0.15) is 25.0 Å². The summed E-state index contributed by atoms with van der Waals surface area (Å²) in [7, 11) is 0. The van der Waals surface area contributed by atoms with E-state index in [-0.39, 0.29) is 0 Å². The fourth-order valence-electron chi connectivity index (χ4n) is 2.45. The minimum atomic E-state index is 0.330. The molecule has 0 radical (unpaired) electrons. The van der Waals surface area contributed by atoms with E-state index in [0.717, 1.165) is 23.3 Å². The molecule has 16 heavy (non-hydrogen) atoms. The first kappa shape index (κ1) is 12.1. The van der Waals surface area contributed by atoms with Crippen molar-refractivity contribution in [3.8, 4) is 0 Å². The number of nitrogens with one attached hydrogen (secondary N) is 1. The molecule has 1 aromatic rings. The lowest BCUT2D eigenvalue weighted by molar-refractivity contribution is 0.192. The maximum Gasteiger partial charge on any atom is 0.131 e. The molecule has 1 aliphatic carbocycles. The van der Waals surface area contributed by atoms with Gasteiger partial charge in [-0.1, -0.05) is 6.42 Å². The quantitative estimate of drug-likeness (QED) is 0.875. The highest BCUT2D eigenvalue weighted by molar-refractivity contribution is 9.10. The number of aliphatic hydroxyl groups is 1. The molecule has 1 fully saturated rings. The van der Waals surface area contributed by atoms with Crippen LogP contribution in [0, 0.1) is 11.8 Å². The van der Waals surface area contributed by atoms with Crippen molar-refractivity contribution in [2.45, 2.75) is 25.8 Å². The van der Waals surface area contributed by atoms with Gasteiger partial charge in [0.15, 0.2) is 0 Å². The number of furan rings is 1. The lowest BCUT2D eigenvalue weighted by Crippen LogP contribution is -2.26. The summed E-state index contributed by atoms with van der Waals surface area (Å²) in [5, 5.41) is 12.6. The van der Waals surface area contributed by atoms with Crippen LogP contribution < -0.4 is 5.32 Å². The van der Waals surface area contributed by atoms with Crippen molar-refractivity contribution in [1.82, 2.24) is 5.32 Å². The van der Waals surface area contributed by atoms with Gasteiger partial charge in [0.05, 0.1) is 17.3 Å². The van der Waals surface area contributed by atoms with E-state index in [1.165, 1.54) is 19.3 Å². The zero-order chi connectivity index (χ0) is 11.4. The van der Waals surface area contributed by atoms with Crippen LogP contribution in [-0.2, 0) is 6.54 Å². The number of halogens is 1. The van der Waals surface area contributed by atoms with E-state index in [1.54, 1.807) is 6.26 Å². The van der Waals surface area contributed by atoms with Crippen molar-refractivity contribution in [1.29, 1.82) is 0 Å². The van der Waals surface area contributed by atoms with Crippen LogP contribution in [0.15, 0.2) is 21.2 Å². The Kier molecular flexibility index (Phi) is 4.44. The van der Waals surface area contributed by atoms with Gasteiger partial charge in [-0.15, -0.1) is 0 Å². The molecule has 1 saturated carbocycles. The molecule has 0 aromatic carbocycles. The molecule has 2 unspecified atom stereocenters.